The number of hydrogen-bond acceptors (Lipinski definition) is 4. The Labute approximate surface area is 109 Å². The number of ether oxygens (including phenoxy) is 1. The van der Waals surface area contributed by atoms with Crippen molar-refractivity contribution >= 4 is 11.8 Å². The Kier molecular flexibility index (Phi) is 3.76. The van der Waals surface area contributed by atoms with Gasteiger partial charge < -0.3 is 4.74 Å². The Morgan fingerprint density at radius 1 is 1.33 bits per heavy atom. The molecule has 0 amide bonds. The van der Waals surface area contributed by atoms with Crippen molar-refractivity contribution in [2.24, 2.45) is 5.92 Å². The highest BCUT2D eigenvalue weighted by atomic mass is 16.6. The van der Waals surface area contributed by atoms with E-state index in [1.807, 2.05) is 20.8 Å². The minimum atomic E-state index is -0.433. The second-order valence-corrected chi connectivity index (χ2v) is 6.56. The highest BCUT2D eigenvalue weighted by Gasteiger charge is 2.36. The average Bonchev–Trinajstić information content (AvgIpc) is 2.43. The minimum Gasteiger partial charge on any atom is -0.459 e. The largest absolute Gasteiger partial charge is 0.459 e. The molecule has 2 bridgehead atoms. The van der Waals surface area contributed by atoms with Crippen molar-refractivity contribution in [3.63, 3.8) is 0 Å². The molecule has 4 heteroatoms. The van der Waals surface area contributed by atoms with E-state index in [1.54, 1.807) is 0 Å². The highest BCUT2D eigenvalue weighted by Crippen LogP contribution is 2.31. The van der Waals surface area contributed by atoms with E-state index < -0.39 is 5.60 Å². The monoisotopic (exact) mass is 253 g/mol. The zero-order valence-electron chi connectivity index (χ0n) is 11.6. The summed E-state index contributed by atoms with van der Waals surface area (Å²) in [7, 11) is 0. The topological polar surface area (TPSA) is 46.6 Å². The molecular formula is C14H23NO3. The van der Waals surface area contributed by atoms with Crippen LogP contribution in [0.25, 0.3) is 0 Å². The van der Waals surface area contributed by atoms with Crippen LogP contribution in [0.3, 0.4) is 0 Å². The van der Waals surface area contributed by atoms with Crippen LogP contribution in [0.4, 0.5) is 0 Å². The van der Waals surface area contributed by atoms with E-state index in [0.717, 1.165) is 19.4 Å². The quantitative estimate of drug-likeness (QED) is 0.704. The van der Waals surface area contributed by atoms with Crippen molar-refractivity contribution in [3.8, 4) is 0 Å². The van der Waals surface area contributed by atoms with Crippen LogP contribution in [0.2, 0.25) is 0 Å². The maximum atomic E-state index is 11.8. The molecule has 102 valence electrons. The molecule has 1 aliphatic carbocycles. The molecule has 1 saturated carbocycles. The molecule has 3 aliphatic rings. The highest BCUT2D eigenvalue weighted by molar-refractivity contribution is 5.80. The molecule has 0 aromatic rings. The molecule has 0 spiro atoms. The van der Waals surface area contributed by atoms with E-state index in [0.29, 0.717) is 31.1 Å². The third kappa shape index (κ3) is 3.55. The molecular weight excluding hydrogens is 230 g/mol. The lowest BCUT2D eigenvalue weighted by Gasteiger charge is -2.35. The van der Waals surface area contributed by atoms with E-state index in [-0.39, 0.29) is 12.0 Å². The summed E-state index contributed by atoms with van der Waals surface area (Å²) in [4.78, 5) is 25.7. The molecule has 3 fully saturated rings. The number of piperidine rings is 1. The molecule has 0 N–H and O–H groups in total. The fourth-order valence-electron chi connectivity index (χ4n) is 2.98. The van der Waals surface area contributed by atoms with Crippen LogP contribution in [0.1, 0.15) is 46.5 Å². The lowest BCUT2D eigenvalue weighted by atomic mass is 9.95. The first kappa shape index (κ1) is 13.5. The normalized spacial score (nSPS) is 29.2. The Balaban J connectivity index is 1.94. The third-order valence-corrected chi connectivity index (χ3v) is 3.65. The predicted octanol–water partition coefficient (Wildman–Crippen LogP) is 1.77. The fraction of sp³-hybridized carbons (Fsp3) is 0.857. The van der Waals surface area contributed by atoms with Gasteiger partial charge in [-0.1, -0.05) is 0 Å². The Morgan fingerprint density at radius 3 is 2.72 bits per heavy atom. The zero-order chi connectivity index (χ0) is 13.3. The molecule has 2 heterocycles. The number of Topliss-reactive ketones (excluding diaryl/α,β-unsaturated/α-hetero) is 1. The number of carbonyl (C=O) groups is 2. The summed E-state index contributed by atoms with van der Waals surface area (Å²) in [5.41, 5.74) is -0.433. The maximum Gasteiger partial charge on any atom is 0.320 e. The van der Waals surface area contributed by atoms with E-state index in [1.165, 1.54) is 0 Å². The van der Waals surface area contributed by atoms with Crippen molar-refractivity contribution in [1.82, 2.24) is 4.90 Å². The summed E-state index contributed by atoms with van der Waals surface area (Å²) in [5.74, 6) is 0.621. The second kappa shape index (κ2) is 5.00. The van der Waals surface area contributed by atoms with Gasteiger partial charge in [-0.05, 0) is 39.5 Å². The number of hydrogen-bond donors (Lipinski definition) is 0. The van der Waals surface area contributed by atoms with Gasteiger partial charge in [-0.25, -0.2) is 0 Å². The number of carbonyl (C=O) groups excluding carboxylic acids is 2. The lowest BCUT2D eigenvalue weighted by Crippen LogP contribution is -2.45. The summed E-state index contributed by atoms with van der Waals surface area (Å²) in [6.45, 7) is 6.83. The van der Waals surface area contributed by atoms with Crippen LogP contribution in [-0.4, -0.2) is 41.4 Å². The molecule has 2 unspecified atom stereocenters. The van der Waals surface area contributed by atoms with E-state index in [4.69, 9.17) is 4.74 Å². The Morgan fingerprint density at radius 2 is 2.06 bits per heavy atom. The molecule has 18 heavy (non-hydrogen) atoms. The van der Waals surface area contributed by atoms with Crippen LogP contribution >= 0.6 is 0 Å². The molecule has 2 saturated heterocycles. The summed E-state index contributed by atoms with van der Waals surface area (Å²) < 4.78 is 5.35. The summed E-state index contributed by atoms with van der Waals surface area (Å²) in [6, 6.07) is 0.253. The van der Waals surface area contributed by atoms with Crippen molar-refractivity contribution in [3.05, 3.63) is 0 Å². The summed E-state index contributed by atoms with van der Waals surface area (Å²) in [5, 5.41) is 0. The SMILES string of the molecule is CC(C)(C)OC(=O)CN1CC2CCC1CC(=O)C2. The van der Waals surface area contributed by atoms with Crippen LogP contribution in [0, 0.1) is 5.92 Å². The molecule has 4 nitrogen and oxygen atoms in total. The number of fused-ring (bicyclic) bond motifs is 4. The molecule has 2 aliphatic heterocycles. The van der Waals surface area contributed by atoms with Crippen LogP contribution in [-0.2, 0) is 14.3 Å². The summed E-state index contributed by atoms with van der Waals surface area (Å²) in [6.07, 6.45) is 3.47. The fourth-order valence-corrected chi connectivity index (χ4v) is 2.98. The van der Waals surface area contributed by atoms with Crippen molar-refractivity contribution < 1.29 is 14.3 Å². The number of rotatable bonds is 2. The molecule has 0 aromatic carbocycles. The van der Waals surface area contributed by atoms with Gasteiger partial charge in [-0.2, -0.15) is 0 Å². The third-order valence-electron chi connectivity index (χ3n) is 3.65. The number of esters is 1. The van der Waals surface area contributed by atoms with Crippen molar-refractivity contribution in [1.29, 1.82) is 0 Å². The minimum absolute atomic E-state index is 0.178. The molecule has 0 aromatic heterocycles. The van der Waals surface area contributed by atoms with Crippen LogP contribution in [0.5, 0.6) is 0 Å². The Hall–Kier alpha value is -0.900. The number of ketones is 1. The Bertz CT molecular complexity index is 345. The summed E-state index contributed by atoms with van der Waals surface area (Å²) >= 11 is 0. The first-order chi connectivity index (χ1) is 8.33. The first-order valence-electron chi connectivity index (χ1n) is 6.81. The van der Waals surface area contributed by atoms with E-state index in [2.05, 4.69) is 4.90 Å². The zero-order valence-corrected chi connectivity index (χ0v) is 11.6. The number of nitrogens with zero attached hydrogens (tertiary/aromatic N) is 1. The first-order valence-corrected chi connectivity index (χ1v) is 6.81. The van der Waals surface area contributed by atoms with Crippen molar-refractivity contribution in [2.45, 2.75) is 58.1 Å². The van der Waals surface area contributed by atoms with Gasteiger partial charge in [0.05, 0.1) is 6.54 Å². The smallest absolute Gasteiger partial charge is 0.320 e. The van der Waals surface area contributed by atoms with Gasteiger partial charge in [0, 0.05) is 25.4 Å². The van der Waals surface area contributed by atoms with Crippen molar-refractivity contribution in [2.75, 3.05) is 13.1 Å². The standard InChI is InChI=1S/C14H23NO3/c1-14(2,3)18-13(17)9-15-8-10-4-5-11(15)7-12(16)6-10/h10-11H,4-9H2,1-3H3. The maximum absolute atomic E-state index is 11.8. The van der Waals surface area contributed by atoms with Crippen LogP contribution < -0.4 is 0 Å². The molecule has 3 rings (SSSR count). The predicted molar refractivity (Wildman–Crippen MR) is 68.2 cm³/mol. The van der Waals surface area contributed by atoms with Gasteiger partial charge in [0.25, 0.3) is 0 Å². The van der Waals surface area contributed by atoms with Gasteiger partial charge in [-0.15, -0.1) is 0 Å². The second-order valence-electron chi connectivity index (χ2n) is 6.56. The van der Waals surface area contributed by atoms with Gasteiger partial charge in [0.2, 0.25) is 0 Å². The van der Waals surface area contributed by atoms with Gasteiger partial charge >= 0.3 is 5.97 Å². The lowest BCUT2D eigenvalue weighted by molar-refractivity contribution is -0.157. The van der Waals surface area contributed by atoms with Crippen LogP contribution in [0.15, 0.2) is 0 Å². The van der Waals surface area contributed by atoms with Gasteiger partial charge in [0.15, 0.2) is 0 Å². The van der Waals surface area contributed by atoms with Gasteiger partial charge in [0.1, 0.15) is 11.4 Å². The van der Waals surface area contributed by atoms with E-state index in [9.17, 15) is 9.59 Å². The average molecular weight is 253 g/mol. The molecule has 2 atom stereocenters. The van der Waals surface area contributed by atoms with Gasteiger partial charge in [-0.3, -0.25) is 14.5 Å². The van der Waals surface area contributed by atoms with E-state index >= 15 is 0 Å². The molecule has 0 radical (unpaired) electrons.